The molecule has 2 atom stereocenters. The van der Waals surface area contributed by atoms with E-state index in [1.165, 1.54) is 17.5 Å². The third-order valence-corrected chi connectivity index (χ3v) is 4.40. The van der Waals surface area contributed by atoms with Crippen molar-refractivity contribution in [3.05, 3.63) is 11.6 Å². The molecule has 0 aromatic carbocycles. The third kappa shape index (κ3) is 6.60. The Kier molecular flexibility index (Phi) is 7.55. The van der Waals surface area contributed by atoms with Crippen LogP contribution in [0, 0.1) is 11.8 Å². The van der Waals surface area contributed by atoms with Gasteiger partial charge in [0.1, 0.15) is 6.54 Å². The van der Waals surface area contributed by atoms with Crippen LogP contribution in [0.5, 0.6) is 0 Å². The highest BCUT2D eigenvalue weighted by atomic mass is 16.2. The summed E-state index contributed by atoms with van der Waals surface area (Å²) in [5, 5.41) is 3.08. The molecule has 1 aliphatic rings. The van der Waals surface area contributed by atoms with Gasteiger partial charge in [-0.15, -0.1) is 0 Å². The van der Waals surface area contributed by atoms with Crippen LogP contribution in [0.2, 0.25) is 0 Å². The highest BCUT2D eigenvalue weighted by molar-refractivity contribution is 5.83. The van der Waals surface area contributed by atoms with E-state index in [0.29, 0.717) is 11.8 Å². The zero-order valence-corrected chi connectivity index (χ0v) is 15.1. The van der Waals surface area contributed by atoms with Crippen molar-refractivity contribution in [2.75, 3.05) is 33.2 Å². The van der Waals surface area contributed by atoms with E-state index < -0.39 is 6.03 Å². The summed E-state index contributed by atoms with van der Waals surface area (Å²) in [7, 11) is 1.53. The maximum atomic E-state index is 12.1. The highest BCUT2D eigenvalue weighted by Crippen LogP contribution is 2.24. The van der Waals surface area contributed by atoms with Gasteiger partial charge in [0.25, 0.3) is 0 Å². The topological polar surface area (TPSA) is 78.7 Å². The molecule has 0 unspecified atom stereocenters. The summed E-state index contributed by atoms with van der Waals surface area (Å²) in [6, 6.07) is -0.453. The second-order valence-corrected chi connectivity index (χ2v) is 7.11. The highest BCUT2D eigenvalue weighted by Gasteiger charge is 2.35. The minimum absolute atomic E-state index is 0.00835. The summed E-state index contributed by atoms with van der Waals surface area (Å²) in [4.78, 5) is 26.8. The van der Waals surface area contributed by atoms with Gasteiger partial charge >= 0.3 is 6.03 Å². The number of amides is 3. The van der Waals surface area contributed by atoms with Gasteiger partial charge in [0.15, 0.2) is 0 Å². The number of nitrogens with two attached hydrogens (primary N) is 1. The van der Waals surface area contributed by atoms with Gasteiger partial charge in [-0.3, -0.25) is 4.79 Å². The van der Waals surface area contributed by atoms with E-state index in [0.717, 1.165) is 26.1 Å². The summed E-state index contributed by atoms with van der Waals surface area (Å²) in [5.74, 6) is 0.792. The first kappa shape index (κ1) is 19.5. The molecular formula is C17H32N4O2. The average Bonchev–Trinajstić information content (AvgIpc) is 2.81. The van der Waals surface area contributed by atoms with Crippen LogP contribution >= 0.6 is 0 Å². The molecule has 0 aliphatic carbocycles. The van der Waals surface area contributed by atoms with Gasteiger partial charge in [-0.25, -0.2) is 4.79 Å². The molecular weight excluding hydrogens is 292 g/mol. The number of nitrogens with one attached hydrogen (secondary N) is 1. The van der Waals surface area contributed by atoms with Crippen LogP contribution in [-0.2, 0) is 4.79 Å². The zero-order valence-electron chi connectivity index (χ0n) is 15.1. The van der Waals surface area contributed by atoms with Gasteiger partial charge < -0.3 is 20.9 Å². The summed E-state index contributed by atoms with van der Waals surface area (Å²) < 4.78 is 0. The van der Waals surface area contributed by atoms with E-state index >= 15 is 0 Å². The summed E-state index contributed by atoms with van der Waals surface area (Å²) in [5.41, 5.74) is 6.50. The van der Waals surface area contributed by atoms with E-state index in [4.69, 9.17) is 5.73 Å². The minimum Gasteiger partial charge on any atom is -0.351 e. The molecule has 132 valence electrons. The molecule has 0 bridgehead atoms. The largest absolute Gasteiger partial charge is 0.351 e. The predicted molar refractivity (Wildman–Crippen MR) is 93.0 cm³/mol. The molecule has 1 aliphatic heterocycles. The maximum absolute atomic E-state index is 12.1. The number of primary amides is 1. The van der Waals surface area contributed by atoms with Gasteiger partial charge in [0.2, 0.25) is 5.91 Å². The molecule has 1 saturated heterocycles. The van der Waals surface area contributed by atoms with Crippen LogP contribution < -0.4 is 11.1 Å². The lowest BCUT2D eigenvalue weighted by Crippen LogP contribution is -2.47. The van der Waals surface area contributed by atoms with Gasteiger partial charge in [0, 0.05) is 32.7 Å². The number of hydrogen-bond acceptors (Lipinski definition) is 3. The molecule has 3 amide bonds. The van der Waals surface area contributed by atoms with Gasteiger partial charge in [-0.2, -0.15) is 0 Å². The van der Waals surface area contributed by atoms with E-state index in [1.54, 1.807) is 0 Å². The normalized spacial score (nSPS) is 21.3. The molecule has 0 aromatic heterocycles. The summed E-state index contributed by atoms with van der Waals surface area (Å²) in [6.45, 7) is 11.5. The van der Waals surface area contributed by atoms with Crippen molar-refractivity contribution in [2.24, 2.45) is 17.6 Å². The van der Waals surface area contributed by atoms with E-state index in [2.05, 4.69) is 44.0 Å². The smallest absolute Gasteiger partial charge is 0.314 e. The van der Waals surface area contributed by atoms with Crippen LogP contribution in [0.15, 0.2) is 11.6 Å². The fraction of sp³-hybridized carbons (Fsp3) is 0.765. The number of likely N-dealkylation sites (N-methyl/N-ethyl adjacent to an activating group) is 1. The number of carbonyl (C=O) groups excluding carboxylic acids is 2. The Morgan fingerprint density at radius 3 is 2.52 bits per heavy atom. The molecule has 1 fully saturated rings. The Morgan fingerprint density at radius 1 is 1.35 bits per heavy atom. The van der Waals surface area contributed by atoms with Crippen LogP contribution in [0.1, 0.15) is 34.1 Å². The first-order valence-corrected chi connectivity index (χ1v) is 8.36. The molecule has 0 spiro atoms. The summed E-state index contributed by atoms with van der Waals surface area (Å²) in [6.07, 6.45) is 3.29. The molecule has 1 heterocycles. The molecule has 6 heteroatoms. The number of hydrogen-bond donors (Lipinski definition) is 2. The molecule has 0 radical (unpaired) electrons. The van der Waals surface area contributed by atoms with Crippen molar-refractivity contribution in [3.63, 3.8) is 0 Å². The van der Waals surface area contributed by atoms with Crippen molar-refractivity contribution in [1.29, 1.82) is 0 Å². The fourth-order valence-electron chi connectivity index (χ4n) is 3.01. The fourth-order valence-corrected chi connectivity index (χ4v) is 3.01. The van der Waals surface area contributed by atoms with Crippen molar-refractivity contribution in [2.45, 2.75) is 40.2 Å². The van der Waals surface area contributed by atoms with E-state index in [9.17, 15) is 9.59 Å². The second kappa shape index (κ2) is 8.91. The monoisotopic (exact) mass is 324 g/mol. The minimum atomic E-state index is -0.588. The Hall–Kier alpha value is -1.56. The Bertz CT molecular complexity index is 444. The molecule has 0 saturated carbocycles. The number of urea groups is 1. The first-order chi connectivity index (χ1) is 10.7. The van der Waals surface area contributed by atoms with Crippen molar-refractivity contribution >= 4 is 11.9 Å². The average molecular weight is 324 g/mol. The van der Waals surface area contributed by atoms with Crippen molar-refractivity contribution in [3.8, 4) is 0 Å². The van der Waals surface area contributed by atoms with E-state index in [1.807, 2.05) is 0 Å². The predicted octanol–water partition coefficient (Wildman–Crippen LogP) is 1.43. The zero-order chi connectivity index (χ0) is 17.6. The van der Waals surface area contributed by atoms with Gasteiger partial charge in [-0.1, -0.05) is 25.5 Å². The second-order valence-electron chi connectivity index (χ2n) is 7.11. The molecule has 23 heavy (non-hydrogen) atoms. The number of rotatable bonds is 7. The number of likely N-dealkylation sites (tertiary alicyclic amines) is 1. The summed E-state index contributed by atoms with van der Waals surface area (Å²) >= 11 is 0. The molecule has 3 N–H and O–H groups in total. The lowest BCUT2D eigenvalue weighted by molar-refractivity contribution is -0.122. The Labute approximate surface area is 140 Å². The third-order valence-electron chi connectivity index (χ3n) is 4.40. The quantitative estimate of drug-likeness (QED) is 0.695. The maximum Gasteiger partial charge on any atom is 0.314 e. The lowest BCUT2D eigenvalue weighted by atomic mass is 9.91. The first-order valence-electron chi connectivity index (χ1n) is 8.36. The van der Waals surface area contributed by atoms with Crippen molar-refractivity contribution in [1.82, 2.24) is 15.1 Å². The van der Waals surface area contributed by atoms with Crippen LogP contribution in [0.3, 0.4) is 0 Å². The van der Waals surface area contributed by atoms with Crippen LogP contribution in [0.25, 0.3) is 0 Å². The number of nitrogens with zero attached hydrogens (tertiary/aromatic N) is 2. The Morgan fingerprint density at radius 2 is 2.00 bits per heavy atom. The van der Waals surface area contributed by atoms with Crippen molar-refractivity contribution < 1.29 is 9.59 Å². The molecule has 1 rings (SSSR count). The van der Waals surface area contributed by atoms with Crippen LogP contribution in [-0.4, -0.2) is 61.0 Å². The standard InChI is InChI=1S/C17H32N4O2/c1-12(2)7-6-8-21-9-14(13(3)4)15(10-21)19-16(22)11-20(5)17(18)23/h7,13-15H,6,8-11H2,1-5H3,(H2,18,23)(H,19,22)/t14-,15+/m0/s1. The number of carbonyl (C=O) groups is 2. The lowest BCUT2D eigenvalue weighted by Gasteiger charge is -2.24. The Balaban J connectivity index is 2.56. The molecule has 6 nitrogen and oxygen atoms in total. The van der Waals surface area contributed by atoms with E-state index in [-0.39, 0.29) is 18.5 Å². The van der Waals surface area contributed by atoms with Gasteiger partial charge in [-0.05, 0) is 32.1 Å². The SMILES string of the molecule is CC(C)=CCCN1C[C@@H](NC(=O)CN(C)C(N)=O)[C@H](C(C)C)C1. The number of allylic oxidation sites excluding steroid dienone is 1. The van der Waals surface area contributed by atoms with Gasteiger partial charge in [0.05, 0.1) is 0 Å². The van der Waals surface area contributed by atoms with Crippen LogP contribution in [0.4, 0.5) is 4.79 Å². The molecule has 0 aromatic rings.